The van der Waals surface area contributed by atoms with Gasteiger partial charge in [0, 0.05) is 12.4 Å². The summed E-state index contributed by atoms with van der Waals surface area (Å²) in [5.41, 5.74) is 1.44. The summed E-state index contributed by atoms with van der Waals surface area (Å²) in [7, 11) is 0. The van der Waals surface area contributed by atoms with Crippen LogP contribution >= 0.6 is 0 Å². The minimum atomic E-state index is 1.03. The summed E-state index contributed by atoms with van der Waals surface area (Å²) in [4.78, 5) is 4.01. The smallest absolute Gasteiger partial charge is 0.0270 e. The summed E-state index contributed by atoms with van der Waals surface area (Å²) in [6.45, 7) is 0. The Hall–Kier alpha value is -0.850. The van der Waals surface area contributed by atoms with Crippen molar-refractivity contribution >= 4 is 0 Å². The quantitative estimate of drug-likeness (QED) is 0.664. The standard InChI is InChI=1S/C11H15N/c1-2-10(3-1)4-5-11-6-8-12-9-7-11/h6-10H,1-5H2. The van der Waals surface area contributed by atoms with Crippen LogP contribution in [-0.2, 0) is 6.42 Å². The molecule has 1 aromatic heterocycles. The fraction of sp³-hybridized carbons (Fsp3) is 0.545. The zero-order valence-electron chi connectivity index (χ0n) is 7.37. The fourth-order valence-corrected chi connectivity index (χ4v) is 1.70. The van der Waals surface area contributed by atoms with Crippen molar-refractivity contribution in [3.8, 4) is 0 Å². The Labute approximate surface area is 73.8 Å². The molecule has 1 nitrogen and oxygen atoms in total. The van der Waals surface area contributed by atoms with Gasteiger partial charge in [0.05, 0.1) is 0 Å². The van der Waals surface area contributed by atoms with E-state index < -0.39 is 0 Å². The van der Waals surface area contributed by atoms with Gasteiger partial charge < -0.3 is 0 Å². The zero-order valence-corrected chi connectivity index (χ0v) is 7.37. The maximum atomic E-state index is 4.01. The van der Waals surface area contributed by atoms with E-state index >= 15 is 0 Å². The highest BCUT2D eigenvalue weighted by atomic mass is 14.6. The minimum absolute atomic E-state index is 1.03. The molecule has 1 fully saturated rings. The summed E-state index contributed by atoms with van der Waals surface area (Å²) >= 11 is 0. The molecule has 12 heavy (non-hydrogen) atoms. The lowest BCUT2D eigenvalue weighted by Gasteiger charge is -2.24. The van der Waals surface area contributed by atoms with Crippen molar-refractivity contribution in [1.29, 1.82) is 0 Å². The third kappa shape index (κ3) is 1.84. The first-order valence-electron chi connectivity index (χ1n) is 4.84. The highest BCUT2D eigenvalue weighted by Gasteiger charge is 2.16. The lowest BCUT2D eigenvalue weighted by Crippen LogP contribution is -2.11. The molecule has 1 heteroatoms. The Bertz CT molecular complexity index is 226. The van der Waals surface area contributed by atoms with Gasteiger partial charge in [-0.25, -0.2) is 0 Å². The molecular formula is C11H15N. The molecule has 1 aliphatic carbocycles. The summed E-state index contributed by atoms with van der Waals surface area (Å²) in [5, 5.41) is 0. The van der Waals surface area contributed by atoms with E-state index in [1.807, 2.05) is 12.4 Å². The molecule has 1 aromatic rings. The Morgan fingerprint density at radius 2 is 2.00 bits per heavy atom. The largest absolute Gasteiger partial charge is 0.265 e. The number of pyridine rings is 1. The van der Waals surface area contributed by atoms with E-state index in [-0.39, 0.29) is 0 Å². The van der Waals surface area contributed by atoms with E-state index in [0.29, 0.717) is 0 Å². The molecule has 0 spiro atoms. The maximum Gasteiger partial charge on any atom is 0.0270 e. The fourth-order valence-electron chi connectivity index (χ4n) is 1.70. The summed E-state index contributed by atoms with van der Waals surface area (Å²) in [5.74, 6) is 1.03. The highest BCUT2D eigenvalue weighted by Crippen LogP contribution is 2.30. The lowest BCUT2D eigenvalue weighted by molar-refractivity contribution is 0.296. The molecule has 64 valence electrons. The van der Waals surface area contributed by atoms with E-state index in [1.54, 1.807) is 0 Å². The number of nitrogens with zero attached hydrogens (tertiary/aromatic N) is 1. The lowest BCUT2D eigenvalue weighted by atomic mass is 9.81. The molecule has 0 aromatic carbocycles. The molecule has 0 bridgehead atoms. The van der Waals surface area contributed by atoms with Crippen molar-refractivity contribution < 1.29 is 0 Å². The van der Waals surface area contributed by atoms with Gasteiger partial charge >= 0.3 is 0 Å². The van der Waals surface area contributed by atoms with Gasteiger partial charge in [-0.15, -0.1) is 0 Å². The van der Waals surface area contributed by atoms with Gasteiger partial charge in [0.25, 0.3) is 0 Å². The first kappa shape index (κ1) is 7.78. The van der Waals surface area contributed by atoms with Crippen LogP contribution in [0.4, 0.5) is 0 Å². The van der Waals surface area contributed by atoms with Gasteiger partial charge in [0.2, 0.25) is 0 Å². The first-order valence-corrected chi connectivity index (χ1v) is 4.84. The van der Waals surface area contributed by atoms with Gasteiger partial charge in [-0.3, -0.25) is 4.98 Å². The van der Waals surface area contributed by atoms with Crippen molar-refractivity contribution in [3.63, 3.8) is 0 Å². The molecule has 0 amide bonds. The number of aromatic nitrogens is 1. The van der Waals surface area contributed by atoms with Crippen molar-refractivity contribution in [2.45, 2.75) is 32.1 Å². The van der Waals surface area contributed by atoms with Gasteiger partial charge in [0.15, 0.2) is 0 Å². The van der Waals surface area contributed by atoms with Crippen molar-refractivity contribution in [1.82, 2.24) is 4.98 Å². The second-order valence-electron chi connectivity index (χ2n) is 3.69. The molecule has 0 N–H and O–H groups in total. The minimum Gasteiger partial charge on any atom is -0.265 e. The van der Waals surface area contributed by atoms with Crippen LogP contribution in [-0.4, -0.2) is 4.98 Å². The van der Waals surface area contributed by atoms with E-state index in [2.05, 4.69) is 17.1 Å². The summed E-state index contributed by atoms with van der Waals surface area (Å²) in [6.07, 6.45) is 10.8. The van der Waals surface area contributed by atoms with Crippen LogP contribution in [0.15, 0.2) is 24.5 Å². The molecule has 0 radical (unpaired) electrons. The number of hydrogen-bond donors (Lipinski definition) is 0. The average molecular weight is 161 g/mol. The molecule has 0 atom stereocenters. The number of aryl methyl sites for hydroxylation is 1. The molecule has 0 aliphatic heterocycles. The Balaban J connectivity index is 1.79. The monoisotopic (exact) mass is 161 g/mol. The Kier molecular flexibility index (Phi) is 2.40. The van der Waals surface area contributed by atoms with Crippen LogP contribution in [0.1, 0.15) is 31.2 Å². The molecule has 2 rings (SSSR count). The molecule has 0 saturated heterocycles. The highest BCUT2D eigenvalue weighted by molar-refractivity contribution is 5.09. The van der Waals surface area contributed by atoms with E-state index in [9.17, 15) is 0 Å². The molecule has 1 saturated carbocycles. The van der Waals surface area contributed by atoms with Gasteiger partial charge in [-0.2, -0.15) is 0 Å². The van der Waals surface area contributed by atoms with Crippen LogP contribution < -0.4 is 0 Å². The van der Waals surface area contributed by atoms with Crippen LogP contribution in [0.5, 0.6) is 0 Å². The topological polar surface area (TPSA) is 12.9 Å². The molecule has 1 heterocycles. The summed E-state index contributed by atoms with van der Waals surface area (Å²) in [6, 6.07) is 4.25. The molecular weight excluding hydrogens is 146 g/mol. The van der Waals surface area contributed by atoms with Gasteiger partial charge in [-0.05, 0) is 36.5 Å². The van der Waals surface area contributed by atoms with Crippen molar-refractivity contribution in [2.24, 2.45) is 5.92 Å². The predicted octanol–water partition coefficient (Wildman–Crippen LogP) is 2.81. The van der Waals surface area contributed by atoms with Crippen LogP contribution in [0.2, 0.25) is 0 Å². The van der Waals surface area contributed by atoms with Crippen molar-refractivity contribution in [3.05, 3.63) is 30.1 Å². The van der Waals surface area contributed by atoms with E-state index in [4.69, 9.17) is 0 Å². The molecule has 1 aliphatic rings. The van der Waals surface area contributed by atoms with E-state index in [1.165, 1.54) is 37.7 Å². The third-order valence-corrected chi connectivity index (χ3v) is 2.82. The van der Waals surface area contributed by atoms with Crippen LogP contribution in [0.25, 0.3) is 0 Å². The predicted molar refractivity (Wildman–Crippen MR) is 49.9 cm³/mol. The maximum absolute atomic E-state index is 4.01. The third-order valence-electron chi connectivity index (χ3n) is 2.82. The van der Waals surface area contributed by atoms with Gasteiger partial charge in [-0.1, -0.05) is 19.3 Å². The van der Waals surface area contributed by atoms with E-state index in [0.717, 1.165) is 5.92 Å². The zero-order chi connectivity index (χ0) is 8.23. The normalized spacial score (nSPS) is 17.3. The average Bonchev–Trinajstić information content (AvgIpc) is 2.04. The van der Waals surface area contributed by atoms with Gasteiger partial charge in [0.1, 0.15) is 0 Å². The summed E-state index contributed by atoms with van der Waals surface area (Å²) < 4.78 is 0. The van der Waals surface area contributed by atoms with Crippen LogP contribution in [0, 0.1) is 5.92 Å². The Morgan fingerprint density at radius 1 is 1.25 bits per heavy atom. The second kappa shape index (κ2) is 3.70. The number of rotatable bonds is 3. The molecule has 0 unspecified atom stereocenters. The van der Waals surface area contributed by atoms with Crippen molar-refractivity contribution in [2.75, 3.05) is 0 Å². The number of hydrogen-bond acceptors (Lipinski definition) is 1. The second-order valence-corrected chi connectivity index (χ2v) is 3.69. The van der Waals surface area contributed by atoms with Crippen LogP contribution in [0.3, 0.4) is 0 Å². The SMILES string of the molecule is c1cc(CCC2CCC2)ccn1. The Morgan fingerprint density at radius 3 is 2.58 bits per heavy atom. The first-order chi connectivity index (χ1) is 5.95.